The first-order chi connectivity index (χ1) is 13.8. The van der Waals surface area contributed by atoms with Gasteiger partial charge >= 0.3 is 5.69 Å². The third-order valence-electron chi connectivity index (χ3n) is 4.15. The van der Waals surface area contributed by atoms with Gasteiger partial charge in [0.2, 0.25) is 5.75 Å². The Morgan fingerprint density at radius 2 is 1.69 bits per heavy atom. The number of nitro benzene ring substituents is 1. The van der Waals surface area contributed by atoms with Gasteiger partial charge < -0.3 is 9.47 Å². The molecule has 0 radical (unpaired) electrons. The highest BCUT2D eigenvalue weighted by atomic mass is 19.2. The fourth-order valence-corrected chi connectivity index (χ4v) is 2.87. The average Bonchev–Trinajstić information content (AvgIpc) is 2.69. The van der Waals surface area contributed by atoms with E-state index < -0.39 is 39.4 Å². The van der Waals surface area contributed by atoms with E-state index in [1.165, 1.54) is 13.0 Å². The summed E-state index contributed by atoms with van der Waals surface area (Å²) in [6.45, 7) is 2.74. The summed E-state index contributed by atoms with van der Waals surface area (Å²) in [5.74, 6) is -4.06. The number of hydrogen-bond acceptors (Lipinski definition) is 4. The number of hydrogen-bond donors (Lipinski definition) is 0. The molecule has 0 unspecified atom stereocenters. The summed E-state index contributed by atoms with van der Waals surface area (Å²) < 4.78 is 54.9. The van der Waals surface area contributed by atoms with Gasteiger partial charge in [0.15, 0.2) is 11.6 Å². The highest BCUT2D eigenvalue weighted by Crippen LogP contribution is 2.47. The first-order valence-electron chi connectivity index (χ1n) is 8.66. The fraction of sp³-hybridized carbons (Fsp3) is 0.143. The van der Waals surface area contributed by atoms with Crippen LogP contribution in [0.1, 0.15) is 12.5 Å². The Bertz CT molecular complexity index is 1070. The molecule has 0 saturated heterocycles. The Morgan fingerprint density at radius 3 is 2.31 bits per heavy atom. The smallest absolute Gasteiger partial charge is 0.311 e. The third kappa shape index (κ3) is 3.87. The van der Waals surface area contributed by atoms with E-state index in [2.05, 4.69) is 0 Å². The van der Waals surface area contributed by atoms with Crippen molar-refractivity contribution in [2.45, 2.75) is 13.8 Å². The minimum atomic E-state index is -1.48. The molecule has 0 N–H and O–H groups in total. The van der Waals surface area contributed by atoms with Crippen LogP contribution in [0.3, 0.4) is 0 Å². The quantitative estimate of drug-likeness (QED) is 0.280. The van der Waals surface area contributed by atoms with Crippen LogP contribution < -0.4 is 9.47 Å². The first kappa shape index (κ1) is 20.2. The predicted octanol–water partition coefficient (Wildman–Crippen LogP) is 6.18. The van der Waals surface area contributed by atoms with Crippen LogP contribution in [0, 0.1) is 34.5 Å². The third-order valence-corrected chi connectivity index (χ3v) is 4.15. The number of rotatable bonds is 6. The molecule has 0 aliphatic carbocycles. The van der Waals surface area contributed by atoms with Gasteiger partial charge in [0.05, 0.1) is 22.7 Å². The zero-order valence-electron chi connectivity index (χ0n) is 15.5. The molecule has 0 atom stereocenters. The van der Waals surface area contributed by atoms with E-state index in [1.54, 1.807) is 37.3 Å². The molecule has 0 saturated carbocycles. The summed E-state index contributed by atoms with van der Waals surface area (Å²) in [6.07, 6.45) is 0. The monoisotopic (exact) mass is 403 g/mol. The molecule has 0 amide bonds. The number of nitrogens with zero attached hydrogens (tertiary/aromatic N) is 1. The average molecular weight is 403 g/mol. The lowest BCUT2D eigenvalue weighted by atomic mass is 9.99. The molecule has 29 heavy (non-hydrogen) atoms. The van der Waals surface area contributed by atoms with Crippen LogP contribution in [-0.2, 0) is 0 Å². The number of ether oxygens (including phenoxy) is 2. The van der Waals surface area contributed by atoms with Crippen molar-refractivity contribution < 1.29 is 27.6 Å². The molecule has 0 aliphatic rings. The maximum absolute atomic E-state index is 14.8. The number of halogens is 3. The molecule has 0 fully saturated rings. The lowest BCUT2D eigenvalue weighted by molar-refractivity contribution is -0.385. The zero-order chi connectivity index (χ0) is 21.1. The number of para-hydroxylation sites is 1. The summed E-state index contributed by atoms with van der Waals surface area (Å²) in [5, 5.41) is 11.5. The second-order valence-corrected chi connectivity index (χ2v) is 6.07. The van der Waals surface area contributed by atoms with Gasteiger partial charge in [-0.2, -0.15) is 0 Å². The van der Waals surface area contributed by atoms with E-state index >= 15 is 0 Å². The second-order valence-electron chi connectivity index (χ2n) is 6.07. The summed E-state index contributed by atoms with van der Waals surface area (Å²) >= 11 is 0. The lowest BCUT2D eigenvalue weighted by Gasteiger charge is -2.17. The van der Waals surface area contributed by atoms with E-state index in [0.717, 1.165) is 12.1 Å². The second kappa shape index (κ2) is 8.22. The van der Waals surface area contributed by atoms with Crippen LogP contribution in [0.5, 0.6) is 17.2 Å². The highest BCUT2D eigenvalue weighted by molar-refractivity contribution is 5.82. The Morgan fingerprint density at radius 1 is 1.00 bits per heavy atom. The number of nitro groups is 1. The predicted molar refractivity (Wildman–Crippen MR) is 101 cm³/mol. The van der Waals surface area contributed by atoms with Crippen molar-refractivity contribution in [2.24, 2.45) is 0 Å². The van der Waals surface area contributed by atoms with Gasteiger partial charge in [-0.25, -0.2) is 13.2 Å². The van der Waals surface area contributed by atoms with Crippen LogP contribution in [0.15, 0.2) is 48.5 Å². The minimum Gasteiger partial charge on any atom is -0.487 e. The SMILES string of the molecule is CCOc1c([N+](=O)[O-])ccc(Oc2ccccc2)c1-c1c(F)cc(C)c(F)c1F. The largest absolute Gasteiger partial charge is 0.487 e. The Hall–Kier alpha value is -3.55. The first-order valence-corrected chi connectivity index (χ1v) is 8.66. The topological polar surface area (TPSA) is 61.6 Å². The molecule has 0 aliphatic heterocycles. The molecule has 3 aromatic rings. The van der Waals surface area contributed by atoms with Crippen molar-refractivity contribution in [2.75, 3.05) is 6.61 Å². The molecular formula is C21H16F3NO4. The number of aryl methyl sites for hydroxylation is 1. The van der Waals surface area contributed by atoms with E-state index in [9.17, 15) is 23.3 Å². The summed E-state index contributed by atoms with van der Waals surface area (Å²) in [4.78, 5) is 10.7. The summed E-state index contributed by atoms with van der Waals surface area (Å²) in [5.41, 5.74) is -1.94. The number of benzene rings is 3. The van der Waals surface area contributed by atoms with Crippen molar-refractivity contribution >= 4 is 5.69 Å². The van der Waals surface area contributed by atoms with Gasteiger partial charge in [0.1, 0.15) is 17.3 Å². The maximum atomic E-state index is 14.8. The molecule has 3 rings (SSSR count). The molecule has 5 nitrogen and oxygen atoms in total. The van der Waals surface area contributed by atoms with Gasteiger partial charge in [-0.15, -0.1) is 0 Å². The van der Waals surface area contributed by atoms with Gasteiger partial charge in [-0.05, 0) is 43.7 Å². The molecule has 0 spiro atoms. The van der Waals surface area contributed by atoms with Gasteiger partial charge in [0, 0.05) is 6.07 Å². The zero-order valence-corrected chi connectivity index (χ0v) is 15.5. The van der Waals surface area contributed by atoms with Crippen LogP contribution in [0.25, 0.3) is 11.1 Å². The van der Waals surface area contributed by atoms with Crippen molar-refractivity contribution in [3.8, 4) is 28.4 Å². The Labute approximate surface area is 164 Å². The van der Waals surface area contributed by atoms with Crippen molar-refractivity contribution in [1.29, 1.82) is 0 Å². The molecule has 0 bridgehead atoms. The van der Waals surface area contributed by atoms with Gasteiger partial charge in [0.25, 0.3) is 0 Å². The van der Waals surface area contributed by atoms with E-state index in [-0.39, 0.29) is 23.5 Å². The Kier molecular flexibility index (Phi) is 5.72. The molecule has 3 aromatic carbocycles. The van der Waals surface area contributed by atoms with Crippen LogP contribution in [0.2, 0.25) is 0 Å². The minimum absolute atomic E-state index is 0.0276. The van der Waals surface area contributed by atoms with Crippen molar-refractivity contribution in [3.05, 3.63) is 81.7 Å². The molecule has 8 heteroatoms. The highest BCUT2D eigenvalue weighted by Gasteiger charge is 2.30. The van der Waals surface area contributed by atoms with Crippen LogP contribution >= 0.6 is 0 Å². The van der Waals surface area contributed by atoms with E-state index in [0.29, 0.717) is 5.75 Å². The van der Waals surface area contributed by atoms with Crippen LogP contribution in [-0.4, -0.2) is 11.5 Å². The summed E-state index contributed by atoms with van der Waals surface area (Å²) in [6, 6.07) is 11.4. The van der Waals surface area contributed by atoms with E-state index in [4.69, 9.17) is 9.47 Å². The molecular weight excluding hydrogens is 387 g/mol. The molecule has 0 aromatic heterocycles. The maximum Gasteiger partial charge on any atom is 0.311 e. The Balaban J connectivity index is 2.36. The van der Waals surface area contributed by atoms with Crippen LogP contribution in [0.4, 0.5) is 18.9 Å². The lowest BCUT2D eigenvalue weighted by Crippen LogP contribution is -2.05. The molecule has 150 valence electrons. The van der Waals surface area contributed by atoms with E-state index in [1.807, 2.05) is 0 Å². The fourth-order valence-electron chi connectivity index (χ4n) is 2.87. The standard InChI is InChI=1S/C21H16F3NO4/c1-3-28-21-15(25(26)27)9-10-16(29-13-7-5-4-6-8-13)18(21)17-14(22)11-12(2)19(23)20(17)24/h4-11H,3H2,1-2H3. The van der Waals surface area contributed by atoms with Crippen molar-refractivity contribution in [1.82, 2.24) is 0 Å². The molecule has 0 heterocycles. The van der Waals surface area contributed by atoms with Crippen molar-refractivity contribution in [3.63, 3.8) is 0 Å². The van der Waals surface area contributed by atoms with Gasteiger partial charge in [-0.1, -0.05) is 18.2 Å². The van der Waals surface area contributed by atoms with Gasteiger partial charge in [-0.3, -0.25) is 10.1 Å². The normalized spacial score (nSPS) is 10.7. The summed E-state index contributed by atoms with van der Waals surface area (Å²) in [7, 11) is 0.